The molecule has 2 aliphatic rings. The molecule has 23 heavy (non-hydrogen) atoms. The van der Waals surface area contributed by atoms with Crippen LogP contribution in [0, 0.1) is 11.8 Å². The maximum Gasteiger partial charge on any atom is 0.166 e. The Hall–Kier alpha value is -0.860. The topological polar surface area (TPSA) is 20.3 Å². The average molecular weight is 336 g/mol. The molecule has 0 heterocycles. The van der Waals surface area contributed by atoms with Crippen LogP contribution in [0.25, 0.3) is 0 Å². The van der Waals surface area contributed by atoms with Crippen molar-refractivity contribution in [2.45, 2.75) is 51.4 Å². The molecule has 1 fully saturated rings. The number of carbonyl (C=O) groups is 1. The quantitative estimate of drug-likeness (QED) is 0.773. The summed E-state index contributed by atoms with van der Waals surface area (Å²) in [6.45, 7) is 2.28. The lowest BCUT2D eigenvalue weighted by Gasteiger charge is -2.29. The van der Waals surface area contributed by atoms with Crippen molar-refractivity contribution in [2.75, 3.05) is 20.1 Å². The zero-order valence-electron chi connectivity index (χ0n) is 14.3. The molecule has 0 radical (unpaired) electrons. The van der Waals surface area contributed by atoms with Gasteiger partial charge in [0.2, 0.25) is 0 Å². The third-order valence-electron chi connectivity index (χ3n) is 5.57. The SMILES string of the molecule is CN(CCC1CCc2ccccc2C1=O)CC1CCCCC1.Cl. The second kappa shape index (κ2) is 8.84. The molecule has 3 rings (SSSR count). The number of aryl methyl sites for hydroxylation is 1. The van der Waals surface area contributed by atoms with Crippen LogP contribution >= 0.6 is 12.4 Å². The molecular formula is C20H30ClNO. The summed E-state index contributed by atoms with van der Waals surface area (Å²) in [5, 5.41) is 0. The first-order chi connectivity index (χ1) is 10.7. The van der Waals surface area contributed by atoms with Crippen molar-refractivity contribution < 1.29 is 4.79 Å². The number of hydrogen-bond acceptors (Lipinski definition) is 2. The molecule has 0 spiro atoms. The largest absolute Gasteiger partial charge is 0.306 e. The molecule has 1 atom stereocenters. The number of benzene rings is 1. The summed E-state index contributed by atoms with van der Waals surface area (Å²) in [5.41, 5.74) is 2.23. The van der Waals surface area contributed by atoms with Crippen LogP contribution in [-0.2, 0) is 6.42 Å². The monoisotopic (exact) mass is 335 g/mol. The van der Waals surface area contributed by atoms with Crippen molar-refractivity contribution in [1.82, 2.24) is 4.90 Å². The molecule has 2 nitrogen and oxygen atoms in total. The number of carbonyl (C=O) groups excluding carboxylic acids is 1. The van der Waals surface area contributed by atoms with Crippen molar-refractivity contribution >= 4 is 18.2 Å². The van der Waals surface area contributed by atoms with Crippen molar-refractivity contribution in [3.63, 3.8) is 0 Å². The van der Waals surface area contributed by atoms with E-state index >= 15 is 0 Å². The minimum Gasteiger partial charge on any atom is -0.306 e. The van der Waals surface area contributed by atoms with Crippen molar-refractivity contribution in [1.29, 1.82) is 0 Å². The standard InChI is InChI=1S/C20H29NO.ClH/c1-21(15-16-7-3-2-4-8-16)14-13-18-12-11-17-9-5-6-10-19(17)20(18)22;/h5-6,9-10,16,18H,2-4,7-8,11-15H2,1H3;1H. The van der Waals surface area contributed by atoms with Gasteiger partial charge >= 0.3 is 0 Å². The van der Waals surface area contributed by atoms with Gasteiger partial charge in [0, 0.05) is 18.0 Å². The molecule has 0 amide bonds. The fourth-order valence-corrected chi connectivity index (χ4v) is 4.21. The van der Waals surface area contributed by atoms with Crippen LogP contribution in [0.3, 0.4) is 0 Å². The summed E-state index contributed by atoms with van der Waals surface area (Å²) in [7, 11) is 2.23. The lowest BCUT2D eigenvalue weighted by Crippen LogP contribution is -2.31. The number of ketones is 1. The van der Waals surface area contributed by atoms with Crippen LogP contribution in [0.1, 0.15) is 60.9 Å². The van der Waals surface area contributed by atoms with Crippen molar-refractivity contribution in [3.05, 3.63) is 35.4 Å². The molecule has 3 heteroatoms. The Morgan fingerprint density at radius 2 is 1.83 bits per heavy atom. The highest BCUT2D eigenvalue weighted by Gasteiger charge is 2.27. The number of rotatable bonds is 5. The predicted octanol–water partition coefficient (Wildman–Crippen LogP) is 4.76. The summed E-state index contributed by atoms with van der Waals surface area (Å²) >= 11 is 0. The van der Waals surface area contributed by atoms with Crippen LogP contribution in [0.5, 0.6) is 0 Å². The van der Waals surface area contributed by atoms with Gasteiger partial charge in [-0.2, -0.15) is 0 Å². The zero-order valence-corrected chi connectivity index (χ0v) is 15.1. The molecule has 0 aromatic heterocycles. The van der Waals surface area contributed by atoms with Crippen LogP contribution in [0.15, 0.2) is 24.3 Å². The lowest BCUT2D eigenvalue weighted by atomic mass is 9.81. The summed E-state index contributed by atoms with van der Waals surface area (Å²) in [4.78, 5) is 15.1. The molecule has 0 bridgehead atoms. The summed E-state index contributed by atoms with van der Waals surface area (Å²) < 4.78 is 0. The maximum absolute atomic E-state index is 12.6. The molecule has 2 aliphatic carbocycles. The molecule has 0 aliphatic heterocycles. The first-order valence-electron chi connectivity index (χ1n) is 9.04. The number of halogens is 1. The van der Waals surface area contributed by atoms with Crippen LogP contribution in [0.4, 0.5) is 0 Å². The van der Waals surface area contributed by atoms with Crippen LogP contribution < -0.4 is 0 Å². The fourth-order valence-electron chi connectivity index (χ4n) is 4.21. The number of nitrogens with zero attached hydrogens (tertiary/aromatic N) is 1. The van der Waals surface area contributed by atoms with E-state index in [9.17, 15) is 4.79 Å². The lowest BCUT2D eigenvalue weighted by molar-refractivity contribution is 0.0883. The molecule has 1 unspecified atom stereocenters. The Morgan fingerprint density at radius 3 is 2.61 bits per heavy atom. The van der Waals surface area contributed by atoms with Gasteiger partial charge in [0.15, 0.2) is 5.78 Å². The fraction of sp³-hybridized carbons (Fsp3) is 0.650. The van der Waals surface area contributed by atoms with E-state index in [4.69, 9.17) is 0 Å². The highest BCUT2D eigenvalue weighted by molar-refractivity contribution is 6.00. The molecule has 1 saturated carbocycles. The van der Waals surface area contributed by atoms with E-state index in [0.717, 1.165) is 37.3 Å². The third kappa shape index (κ3) is 4.81. The second-order valence-corrected chi connectivity index (χ2v) is 7.31. The first kappa shape index (κ1) is 18.5. The Kier molecular flexibility index (Phi) is 7.10. The summed E-state index contributed by atoms with van der Waals surface area (Å²) in [6, 6.07) is 8.16. The van der Waals surface area contributed by atoms with Crippen molar-refractivity contribution in [2.24, 2.45) is 11.8 Å². The Bertz CT molecular complexity index is 510. The van der Waals surface area contributed by atoms with E-state index in [-0.39, 0.29) is 18.3 Å². The van der Waals surface area contributed by atoms with Crippen molar-refractivity contribution in [3.8, 4) is 0 Å². The Labute approximate surface area is 147 Å². The van der Waals surface area contributed by atoms with Gasteiger partial charge in [0.25, 0.3) is 0 Å². The Balaban J connectivity index is 0.00000192. The average Bonchev–Trinajstić information content (AvgIpc) is 2.55. The summed E-state index contributed by atoms with van der Waals surface area (Å²) in [5.74, 6) is 1.51. The van der Waals surface area contributed by atoms with E-state index in [1.54, 1.807) is 0 Å². The van der Waals surface area contributed by atoms with E-state index in [1.807, 2.05) is 18.2 Å². The molecule has 1 aromatic rings. The minimum absolute atomic E-state index is 0. The van der Waals surface area contributed by atoms with E-state index < -0.39 is 0 Å². The maximum atomic E-state index is 12.6. The van der Waals surface area contributed by atoms with Gasteiger partial charge in [-0.15, -0.1) is 12.4 Å². The molecular weight excluding hydrogens is 306 g/mol. The van der Waals surface area contributed by atoms with E-state index in [0.29, 0.717) is 5.78 Å². The third-order valence-corrected chi connectivity index (χ3v) is 5.57. The van der Waals surface area contributed by atoms with Gasteiger partial charge in [-0.05, 0) is 57.2 Å². The normalized spacial score (nSPS) is 21.8. The van der Waals surface area contributed by atoms with Crippen LogP contribution in [-0.4, -0.2) is 30.8 Å². The number of Topliss-reactive ketones (excluding diaryl/α,β-unsaturated/α-hetero) is 1. The van der Waals surface area contributed by atoms with Crippen LogP contribution in [0.2, 0.25) is 0 Å². The van der Waals surface area contributed by atoms with Gasteiger partial charge in [-0.1, -0.05) is 43.5 Å². The molecule has 128 valence electrons. The molecule has 1 aromatic carbocycles. The number of hydrogen-bond donors (Lipinski definition) is 0. The molecule has 0 saturated heterocycles. The predicted molar refractivity (Wildman–Crippen MR) is 98.5 cm³/mol. The van der Waals surface area contributed by atoms with Gasteiger partial charge in [0.1, 0.15) is 0 Å². The smallest absolute Gasteiger partial charge is 0.166 e. The zero-order chi connectivity index (χ0) is 15.4. The minimum atomic E-state index is 0. The highest BCUT2D eigenvalue weighted by Crippen LogP contribution is 2.28. The second-order valence-electron chi connectivity index (χ2n) is 7.31. The van der Waals surface area contributed by atoms with Gasteiger partial charge in [0.05, 0.1) is 0 Å². The van der Waals surface area contributed by atoms with E-state index in [2.05, 4.69) is 18.0 Å². The first-order valence-corrected chi connectivity index (χ1v) is 9.04. The summed E-state index contributed by atoms with van der Waals surface area (Å²) in [6.07, 6.45) is 10.2. The van der Waals surface area contributed by atoms with Gasteiger partial charge < -0.3 is 4.90 Å². The van der Waals surface area contributed by atoms with E-state index in [1.165, 1.54) is 44.2 Å². The molecule has 0 N–H and O–H groups in total. The van der Waals surface area contributed by atoms with Gasteiger partial charge in [-0.25, -0.2) is 0 Å². The van der Waals surface area contributed by atoms with Gasteiger partial charge in [-0.3, -0.25) is 4.79 Å². The Morgan fingerprint density at radius 1 is 1.09 bits per heavy atom. The highest BCUT2D eigenvalue weighted by atomic mass is 35.5. The number of fused-ring (bicyclic) bond motifs is 1.